The minimum Gasteiger partial charge on any atom is -0.308 e. The summed E-state index contributed by atoms with van der Waals surface area (Å²) in [6.07, 6.45) is 6.06. The lowest BCUT2D eigenvalue weighted by atomic mass is 9.87. The predicted octanol–water partition coefficient (Wildman–Crippen LogP) is 2.26. The summed E-state index contributed by atoms with van der Waals surface area (Å²) >= 11 is 3.16. The highest BCUT2D eigenvalue weighted by molar-refractivity contribution is 9.10. The van der Waals surface area contributed by atoms with Gasteiger partial charge in [-0.05, 0) is 28.8 Å². The highest BCUT2D eigenvalue weighted by Gasteiger charge is 2.41. The van der Waals surface area contributed by atoms with E-state index in [4.69, 9.17) is 5.26 Å². The van der Waals surface area contributed by atoms with Crippen LogP contribution >= 0.6 is 15.9 Å². The summed E-state index contributed by atoms with van der Waals surface area (Å²) in [5.41, 5.74) is -0.880. The molecule has 0 radical (unpaired) electrons. The maximum atomic E-state index is 12.0. The number of aromatic nitrogens is 2. The van der Waals surface area contributed by atoms with Crippen LogP contribution in [-0.4, -0.2) is 15.9 Å². The van der Waals surface area contributed by atoms with Crippen molar-refractivity contribution in [1.82, 2.24) is 9.97 Å². The Kier molecular flexibility index (Phi) is 3.38. The Labute approximate surface area is 107 Å². The molecular weight excluding hydrogens is 284 g/mol. The molecule has 2 rings (SSSR count). The van der Waals surface area contributed by atoms with Gasteiger partial charge in [0.15, 0.2) is 5.82 Å². The Bertz CT molecular complexity index is 459. The van der Waals surface area contributed by atoms with E-state index >= 15 is 0 Å². The maximum Gasteiger partial charge on any atom is 0.246 e. The lowest BCUT2D eigenvalue weighted by molar-refractivity contribution is -0.122. The monoisotopic (exact) mass is 294 g/mol. The first-order valence-corrected chi connectivity index (χ1v) is 6.16. The summed E-state index contributed by atoms with van der Waals surface area (Å²) < 4.78 is 0.603. The summed E-state index contributed by atoms with van der Waals surface area (Å²) in [4.78, 5) is 20.0. The van der Waals surface area contributed by atoms with Crippen molar-refractivity contribution < 1.29 is 4.79 Å². The van der Waals surface area contributed by atoms with Crippen molar-refractivity contribution in [3.8, 4) is 6.07 Å². The van der Waals surface area contributed by atoms with Gasteiger partial charge in [0, 0.05) is 0 Å². The molecule has 17 heavy (non-hydrogen) atoms. The van der Waals surface area contributed by atoms with Crippen LogP contribution in [-0.2, 0) is 4.79 Å². The number of carbonyl (C=O) groups is 1. The van der Waals surface area contributed by atoms with Gasteiger partial charge in [-0.2, -0.15) is 5.26 Å². The Morgan fingerprint density at radius 1 is 1.41 bits per heavy atom. The molecule has 1 amide bonds. The van der Waals surface area contributed by atoms with Crippen LogP contribution in [0.15, 0.2) is 17.0 Å². The maximum absolute atomic E-state index is 12.0. The van der Waals surface area contributed by atoms with Crippen molar-refractivity contribution in [2.75, 3.05) is 5.32 Å². The van der Waals surface area contributed by atoms with E-state index in [0.717, 1.165) is 12.8 Å². The van der Waals surface area contributed by atoms with Crippen LogP contribution in [0.5, 0.6) is 0 Å². The van der Waals surface area contributed by atoms with Gasteiger partial charge >= 0.3 is 0 Å². The minimum absolute atomic E-state index is 0.269. The molecule has 0 aliphatic heterocycles. The predicted molar refractivity (Wildman–Crippen MR) is 64.9 cm³/mol. The fourth-order valence-electron chi connectivity index (χ4n) is 1.98. The number of carbonyl (C=O) groups excluding carboxylic acids is 1. The van der Waals surface area contributed by atoms with Crippen LogP contribution in [0.1, 0.15) is 25.7 Å². The molecule has 6 heteroatoms. The fourth-order valence-corrected chi connectivity index (χ4v) is 2.19. The SMILES string of the molecule is N#CC1(C(=O)Nc2cnc(Br)cn2)CCCC1. The van der Waals surface area contributed by atoms with E-state index in [1.54, 1.807) is 0 Å². The summed E-state index contributed by atoms with van der Waals surface area (Å²) in [6.45, 7) is 0. The molecule has 1 N–H and O–H groups in total. The van der Waals surface area contributed by atoms with Crippen LogP contribution in [0.3, 0.4) is 0 Å². The van der Waals surface area contributed by atoms with E-state index < -0.39 is 5.41 Å². The molecule has 1 aliphatic carbocycles. The van der Waals surface area contributed by atoms with Crippen molar-refractivity contribution in [2.24, 2.45) is 5.41 Å². The highest BCUT2D eigenvalue weighted by atomic mass is 79.9. The third-order valence-corrected chi connectivity index (χ3v) is 3.38. The Hall–Kier alpha value is -1.48. The third-order valence-electron chi connectivity index (χ3n) is 2.97. The van der Waals surface area contributed by atoms with Gasteiger partial charge in [0.1, 0.15) is 10.0 Å². The van der Waals surface area contributed by atoms with Gasteiger partial charge < -0.3 is 5.32 Å². The topological polar surface area (TPSA) is 78.7 Å². The summed E-state index contributed by atoms with van der Waals surface area (Å²) in [7, 11) is 0. The van der Waals surface area contributed by atoms with Gasteiger partial charge in [-0.15, -0.1) is 0 Å². The Morgan fingerprint density at radius 3 is 2.65 bits per heavy atom. The van der Waals surface area contributed by atoms with Crippen LogP contribution in [0, 0.1) is 16.7 Å². The zero-order valence-corrected chi connectivity index (χ0v) is 10.7. The van der Waals surface area contributed by atoms with Gasteiger partial charge in [-0.25, -0.2) is 9.97 Å². The van der Waals surface area contributed by atoms with Crippen molar-refractivity contribution >= 4 is 27.7 Å². The third kappa shape index (κ3) is 2.44. The quantitative estimate of drug-likeness (QED) is 0.907. The molecule has 1 fully saturated rings. The van der Waals surface area contributed by atoms with Gasteiger partial charge in [0.25, 0.3) is 0 Å². The van der Waals surface area contributed by atoms with Crippen molar-refractivity contribution in [1.29, 1.82) is 5.26 Å². The number of hydrogen-bond donors (Lipinski definition) is 1. The molecule has 1 heterocycles. The van der Waals surface area contributed by atoms with Gasteiger partial charge in [-0.1, -0.05) is 12.8 Å². The van der Waals surface area contributed by atoms with Crippen LogP contribution in [0.4, 0.5) is 5.82 Å². The number of nitrogens with one attached hydrogen (secondary N) is 1. The number of hydrogen-bond acceptors (Lipinski definition) is 4. The largest absolute Gasteiger partial charge is 0.308 e. The molecule has 0 aromatic carbocycles. The molecule has 0 bridgehead atoms. The van der Waals surface area contributed by atoms with E-state index in [1.165, 1.54) is 12.4 Å². The molecular formula is C11H11BrN4O. The molecule has 0 unspecified atom stereocenters. The van der Waals surface area contributed by atoms with Crippen LogP contribution < -0.4 is 5.32 Å². The Balaban J connectivity index is 2.11. The average molecular weight is 295 g/mol. The number of nitriles is 1. The molecule has 1 aromatic rings. The second-order valence-corrected chi connectivity index (χ2v) is 4.89. The fraction of sp³-hybridized carbons (Fsp3) is 0.455. The molecule has 88 valence electrons. The lowest BCUT2D eigenvalue weighted by Crippen LogP contribution is -2.32. The average Bonchev–Trinajstić information content (AvgIpc) is 2.82. The standard InChI is InChI=1S/C11H11BrN4O/c12-8-5-15-9(6-14-8)16-10(17)11(7-13)3-1-2-4-11/h5-6H,1-4H2,(H,15,16,17). The number of nitrogens with zero attached hydrogens (tertiary/aromatic N) is 3. The zero-order chi connectivity index (χ0) is 12.3. The van der Waals surface area contributed by atoms with E-state index in [1.807, 2.05) is 0 Å². The molecule has 0 atom stereocenters. The molecule has 1 aromatic heterocycles. The van der Waals surface area contributed by atoms with Gasteiger partial charge in [0.2, 0.25) is 5.91 Å². The van der Waals surface area contributed by atoms with E-state index in [2.05, 4.69) is 37.3 Å². The van der Waals surface area contributed by atoms with Crippen molar-refractivity contribution in [2.45, 2.75) is 25.7 Å². The van der Waals surface area contributed by atoms with E-state index in [9.17, 15) is 4.79 Å². The molecule has 1 saturated carbocycles. The lowest BCUT2D eigenvalue weighted by Gasteiger charge is -2.18. The zero-order valence-electron chi connectivity index (χ0n) is 9.11. The number of anilines is 1. The smallest absolute Gasteiger partial charge is 0.246 e. The number of halogens is 1. The molecule has 5 nitrogen and oxygen atoms in total. The van der Waals surface area contributed by atoms with E-state index in [-0.39, 0.29) is 5.91 Å². The minimum atomic E-state index is -0.880. The van der Waals surface area contributed by atoms with Crippen molar-refractivity contribution in [3.63, 3.8) is 0 Å². The molecule has 1 aliphatic rings. The first-order chi connectivity index (χ1) is 8.16. The Morgan fingerprint density at radius 2 is 2.12 bits per heavy atom. The summed E-state index contributed by atoms with van der Waals surface area (Å²) in [6, 6.07) is 2.14. The summed E-state index contributed by atoms with van der Waals surface area (Å²) in [5, 5.41) is 11.8. The second-order valence-electron chi connectivity index (χ2n) is 4.08. The second kappa shape index (κ2) is 4.80. The first-order valence-electron chi connectivity index (χ1n) is 5.36. The number of rotatable bonds is 2. The van der Waals surface area contributed by atoms with Gasteiger partial charge in [-0.3, -0.25) is 4.79 Å². The summed E-state index contributed by atoms with van der Waals surface area (Å²) in [5.74, 6) is 0.105. The molecule has 0 spiro atoms. The van der Waals surface area contributed by atoms with Crippen LogP contribution in [0.25, 0.3) is 0 Å². The van der Waals surface area contributed by atoms with Crippen molar-refractivity contribution in [3.05, 3.63) is 17.0 Å². The first kappa shape index (κ1) is 12.0. The van der Waals surface area contributed by atoms with Crippen LogP contribution in [0.2, 0.25) is 0 Å². The normalized spacial score (nSPS) is 17.4. The highest BCUT2D eigenvalue weighted by Crippen LogP contribution is 2.38. The molecule has 0 saturated heterocycles. The number of amides is 1. The van der Waals surface area contributed by atoms with E-state index in [0.29, 0.717) is 23.3 Å². The van der Waals surface area contributed by atoms with Gasteiger partial charge in [0.05, 0.1) is 18.5 Å².